The minimum atomic E-state index is -0.423. The van der Waals surface area contributed by atoms with Gasteiger partial charge in [-0.2, -0.15) is 0 Å². The van der Waals surface area contributed by atoms with E-state index >= 15 is 0 Å². The van der Waals surface area contributed by atoms with Crippen LogP contribution in [0.15, 0.2) is 53.2 Å². The van der Waals surface area contributed by atoms with Crippen molar-refractivity contribution in [3.05, 3.63) is 54.5 Å². The molecule has 2 bridgehead atoms. The molecule has 7 heteroatoms. The number of anilines is 1. The number of carbonyl (C=O) groups is 2. The Bertz CT molecular complexity index is 921. The molecule has 2 N–H and O–H groups in total. The van der Waals surface area contributed by atoms with Crippen molar-refractivity contribution in [3.8, 4) is 11.5 Å². The van der Waals surface area contributed by atoms with Crippen LogP contribution in [0.4, 0.5) is 5.69 Å². The van der Waals surface area contributed by atoms with Crippen molar-refractivity contribution in [2.24, 2.45) is 23.7 Å². The van der Waals surface area contributed by atoms with E-state index in [1.165, 1.54) is 7.11 Å². The van der Waals surface area contributed by atoms with Gasteiger partial charge in [-0.15, -0.1) is 0 Å². The predicted molar refractivity (Wildman–Crippen MR) is 106 cm³/mol. The second-order valence-corrected chi connectivity index (χ2v) is 7.35. The maximum Gasteiger partial charge on any atom is 0.229 e. The summed E-state index contributed by atoms with van der Waals surface area (Å²) in [6.45, 7) is 0.310. The summed E-state index contributed by atoms with van der Waals surface area (Å²) in [5.41, 5.74) is 0.555. The van der Waals surface area contributed by atoms with Gasteiger partial charge in [0.25, 0.3) is 0 Å². The maximum atomic E-state index is 13.1. The Hall–Kier alpha value is -3.22. The number of hydrogen-bond donors (Lipinski definition) is 2. The van der Waals surface area contributed by atoms with Gasteiger partial charge in [0.2, 0.25) is 11.8 Å². The van der Waals surface area contributed by atoms with Gasteiger partial charge in [-0.1, -0.05) is 12.2 Å². The van der Waals surface area contributed by atoms with E-state index in [-0.39, 0.29) is 23.7 Å². The zero-order valence-electron chi connectivity index (χ0n) is 16.4. The van der Waals surface area contributed by atoms with Gasteiger partial charge in [-0.05, 0) is 42.5 Å². The first kappa shape index (κ1) is 19.1. The Balaban J connectivity index is 1.49. The van der Waals surface area contributed by atoms with Crippen LogP contribution in [0, 0.1) is 23.7 Å². The van der Waals surface area contributed by atoms with Crippen LogP contribution in [0.2, 0.25) is 0 Å². The molecule has 29 heavy (non-hydrogen) atoms. The fraction of sp³-hybridized carbons (Fsp3) is 0.364. The van der Waals surface area contributed by atoms with E-state index in [4.69, 9.17) is 13.9 Å². The summed E-state index contributed by atoms with van der Waals surface area (Å²) in [4.78, 5) is 26.0. The van der Waals surface area contributed by atoms with Crippen LogP contribution >= 0.6 is 0 Å². The molecule has 1 fully saturated rings. The monoisotopic (exact) mass is 396 g/mol. The molecule has 2 aliphatic rings. The Morgan fingerprint density at radius 2 is 1.83 bits per heavy atom. The number of nitrogens with one attached hydrogen (secondary N) is 2. The van der Waals surface area contributed by atoms with Crippen molar-refractivity contribution in [3.63, 3.8) is 0 Å². The first-order valence-corrected chi connectivity index (χ1v) is 9.62. The average Bonchev–Trinajstić information content (AvgIpc) is 3.49. The highest BCUT2D eigenvalue weighted by Gasteiger charge is 2.51. The molecule has 4 rings (SSSR count). The van der Waals surface area contributed by atoms with Gasteiger partial charge >= 0.3 is 0 Å². The van der Waals surface area contributed by atoms with Crippen molar-refractivity contribution >= 4 is 17.5 Å². The molecule has 0 aliphatic heterocycles. The van der Waals surface area contributed by atoms with E-state index in [1.54, 1.807) is 43.7 Å². The molecule has 2 aliphatic carbocycles. The van der Waals surface area contributed by atoms with Crippen molar-refractivity contribution in [2.75, 3.05) is 19.5 Å². The summed E-state index contributed by atoms with van der Waals surface area (Å²) in [5, 5.41) is 5.85. The van der Waals surface area contributed by atoms with Gasteiger partial charge < -0.3 is 24.5 Å². The van der Waals surface area contributed by atoms with E-state index in [0.29, 0.717) is 29.5 Å². The van der Waals surface area contributed by atoms with Crippen molar-refractivity contribution < 1.29 is 23.5 Å². The van der Waals surface area contributed by atoms with Crippen LogP contribution in [-0.2, 0) is 16.1 Å². The van der Waals surface area contributed by atoms with Crippen molar-refractivity contribution in [1.29, 1.82) is 0 Å². The molecule has 1 heterocycles. The van der Waals surface area contributed by atoms with Crippen molar-refractivity contribution in [2.45, 2.75) is 13.0 Å². The van der Waals surface area contributed by atoms with Crippen LogP contribution in [0.25, 0.3) is 0 Å². The normalized spacial score (nSPS) is 24.3. The van der Waals surface area contributed by atoms with E-state index in [1.807, 2.05) is 0 Å². The second-order valence-electron chi connectivity index (χ2n) is 7.35. The fourth-order valence-corrected chi connectivity index (χ4v) is 4.36. The van der Waals surface area contributed by atoms with E-state index < -0.39 is 11.8 Å². The highest BCUT2D eigenvalue weighted by atomic mass is 16.5. The SMILES string of the molecule is COc1ccc(NC(=O)[C@H]2[C@H](C(=O)NCc3ccco3)[C@H]3C=C[C@H]2C3)c(OC)c1. The summed E-state index contributed by atoms with van der Waals surface area (Å²) in [5.74, 6) is 0.837. The number of amides is 2. The molecule has 0 radical (unpaired) electrons. The third kappa shape index (κ3) is 3.72. The molecular formula is C22H24N2O5. The van der Waals surface area contributed by atoms with Crippen LogP contribution in [0.1, 0.15) is 12.2 Å². The molecule has 2 aromatic rings. The molecule has 0 spiro atoms. The number of methoxy groups -OCH3 is 2. The third-order valence-corrected chi connectivity index (χ3v) is 5.75. The molecular weight excluding hydrogens is 372 g/mol. The maximum absolute atomic E-state index is 13.1. The number of hydrogen-bond acceptors (Lipinski definition) is 5. The zero-order valence-corrected chi connectivity index (χ0v) is 16.4. The van der Waals surface area contributed by atoms with Gasteiger partial charge in [0, 0.05) is 6.07 Å². The lowest BCUT2D eigenvalue weighted by Crippen LogP contribution is -2.41. The molecule has 1 saturated carbocycles. The lowest BCUT2D eigenvalue weighted by atomic mass is 9.81. The summed E-state index contributed by atoms with van der Waals surface area (Å²) < 4.78 is 15.8. The van der Waals surface area contributed by atoms with E-state index in [9.17, 15) is 9.59 Å². The lowest BCUT2D eigenvalue weighted by Gasteiger charge is -2.26. The summed E-state index contributed by atoms with van der Waals surface area (Å²) >= 11 is 0. The Labute approximate surface area is 169 Å². The predicted octanol–water partition coefficient (Wildman–Crippen LogP) is 2.99. The molecule has 0 unspecified atom stereocenters. The fourth-order valence-electron chi connectivity index (χ4n) is 4.36. The van der Waals surface area contributed by atoms with Gasteiger partial charge in [0.1, 0.15) is 17.3 Å². The number of rotatable bonds is 7. The molecule has 1 aromatic heterocycles. The molecule has 7 nitrogen and oxygen atoms in total. The highest BCUT2D eigenvalue weighted by Crippen LogP contribution is 2.48. The number of benzene rings is 1. The molecule has 2 amide bonds. The number of furan rings is 1. The van der Waals surface area contributed by atoms with Gasteiger partial charge in [-0.3, -0.25) is 9.59 Å². The quantitative estimate of drug-likeness (QED) is 0.703. The third-order valence-electron chi connectivity index (χ3n) is 5.75. The minimum Gasteiger partial charge on any atom is -0.497 e. The topological polar surface area (TPSA) is 89.8 Å². The second kappa shape index (κ2) is 8.03. The Morgan fingerprint density at radius 3 is 2.48 bits per heavy atom. The summed E-state index contributed by atoms with van der Waals surface area (Å²) in [7, 11) is 3.11. The van der Waals surface area contributed by atoms with E-state index in [0.717, 1.165) is 6.42 Å². The first-order chi connectivity index (χ1) is 14.1. The van der Waals surface area contributed by atoms with E-state index in [2.05, 4.69) is 22.8 Å². The molecule has 4 atom stereocenters. The number of fused-ring (bicyclic) bond motifs is 2. The average molecular weight is 396 g/mol. The molecule has 152 valence electrons. The summed E-state index contributed by atoms with van der Waals surface area (Å²) in [6, 6.07) is 8.79. The zero-order chi connectivity index (χ0) is 20.4. The Morgan fingerprint density at radius 1 is 1.07 bits per heavy atom. The van der Waals surface area contributed by atoms with Crippen LogP contribution in [0.5, 0.6) is 11.5 Å². The number of ether oxygens (including phenoxy) is 2. The minimum absolute atomic E-state index is 0.0589. The number of carbonyl (C=O) groups excluding carboxylic acids is 2. The molecule has 1 aromatic carbocycles. The van der Waals surface area contributed by atoms with Crippen LogP contribution in [0.3, 0.4) is 0 Å². The van der Waals surface area contributed by atoms with Crippen LogP contribution < -0.4 is 20.1 Å². The Kier molecular flexibility index (Phi) is 5.29. The number of allylic oxidation sites excluding steroid dienone is 2. The van der Waals surface area contributed by atoms with Crippen LogP contribution in [-0.4, -0.2) is 26.0 Å². The summed E-state index contributed by atoms with van der Waals surface area (Å²) in [6.07, 6.45) is 6.49. The largest absolute Gasteiger partial charge is 0.497 e. The molecule has 0 saturated heterocycles. The highest BCUT2D eigenvalue weighted by molar-refractivity contribution is 5.98. The van der Waals surface area contributed by atoms with Gasteiger partial charge in [0.15, 0.2) is 0 Å². The standard InChI is InChI=1S/C22H24N2O5/c1-27-15-7-8-17(18(11-15)28-2)24-22(26)20-14-6-5-13(10-14)19(20)21(25)23-12-16-4-3-9-29-16/h3-9,11,13-14,19-20H,10,12H2,1-2H3,(H,23,25)(H,24,26)/t13-,14-,19+,20+/m0/s1. The van der Waals surface area contributed by atoms with Crippen molar-refractivity contribution in [1.82, 2.24) is 5.32 Å². The lowest BCUT2D eigenvalue weighted by molar-refractivity contribution is -0.133. The van der Waals surface area contributed by atoms with Gasteiger partial charge in [-0.25, -0.2) is 0 Å². The smallest absolute Gasteiger partial charge is 0.229 e. The first-order valence-electron chi connectivity index (χ1n) is 9.62. The van der Waals surface area contributed by atoms with Gasteiger partial charge in [0.05, 0.1) is 44.6 Å².